The first-order chi connectivity index (χ1) is 10.3. The number of hydrogen-bond donors (Lipinski definition) is 1. The van der Waals surface area contributed by atoms with E-state index in [2.05, 4.69) is 61.6 Å². The van der Waals surface area contributed by atoms with E-state index in [4.69, 9.17) is 0 Å². The molecule has 3 rings (SSSR count). The van der Waals surface area contributed by atoms with Gasteiger partial charge >= 0.3 is 0 Å². The van der Waals surface area contributed by atoms with Crippen LogP contribution in [0.25, 0.3) is 11.1 Å². The van der Waals surface area contributed by atoms with Crippen LogP contribution < -0.4 is 5.32 Å². The van der Waals surface area contributed by atoms with E-state index in [9.17, 15) is 0 Å². The minimum Gasteiger partial charge on any atom is -0.310 e. The molecule has 21 heavy (non-hydrogen) atoms. The molecule has 0 aliphatic heterocycles. The maximum atomic E-state index is 3.58. The summed E-state index contributed by atoms with van der Waals surface area (Å²) in [5.41, 5.74) is 7.16. The zero-order valence-corrected chi connectivity index (χ0v) is 13.2. The molecule has 0 amide bonds. The van der Waals surface area contributed by atoms with E-state index in [0.29, 0.717) is 6.04 Å². The first-order valence-corrected chi connectivity index (χ1v) is 8.27. The molecule has 1 N–H and O–H groups in total. The third-order valence-corrected chi connectivity index (χ3v) is 4.50. The molecule has 2 aromatic rings. The molecule has 0 fully saturated rings. The standard InChI is InChI=1S/C20H25N/c1-3-5-15-6-8-16(9-7-15)17-10-12-19-18(14-17)11-13-20(19)21-4-2/h6-10,12,14,20-21H,3-5,11,13H2,1-2H3. The van der Waals surface area contributed by atoms with Crippen molar-refractivity contribution in [1.82, 2.24) is 5.32 Å². The Hall–Kier alpha value is -1.60. The number of benzene rings is 2. The molecule has 0 aromatic heterocycles. The van der Waals surface area contributed by atoms with Gasteiger partial charge < -0.3 is 5.32 Å². The average molecular weight is 279 g/mol. The number of nitrogens with one attached hydrogen (secondary N) is 1. The Labute approximate surface area is 128 Å². The summed E-state index contributed by atoms with van der Waals surface area (Å²) in [4.78, 5) is 0. The molecule has 0 spiro atoms. The first kappa shape index (κ1) is 14.3. The normalized spacial score (nSPS) is 17.0. The maximum absolute atomic E-state index is 3.58. The Balaban J connectivity index is 1.84. The summed E-state index contributed by atoms with van der Waals surface area (Å²) >= 11 is 0. The molecule has 1 aliphatic carbocycles. The van der Waals surface area contributed by atoms with E-state index in [1.54, 1.807) is 0 Å². The smallest absolute Gasteiger partial charge is 0.0326 e. The summed E-state index contributed by atoms with van der Waals surface area (Å²) in [6.45, 7) is 5.46. The second-order valence-electron chi connectivity index (χ2n) is 6.01. The van der Waals surface area contributed by atoms with Gasteiger partial charge in [-0.15, -0.1) is 0 Å². The molecule has 0 saturated carbocycles. The monoisotopic (exact) mass is 279 g/mol. The maximum Gasteiger partial charge on any atom is 0.0326 e. The highest BCUT2D eigenvalue weighted by Gasteiger charge is 2.21. The van der Waals surface area contributed by atoms with Crippen molar-refractivity contribution in [2.24, 2.45) is 0 Å². The molecule has 1 aliphatic rings. The van der Waals surface area contributed by atoms with Crippen LogP contribution in [0.5, 0.6) is 0 Å². The largest absolute Gasteiger partial charge is 0.310 e. The van der Waals surface area contributed by atoms with Crippen LogP contribution in [0, 0.1) is 0 Å². The predicted molar refractivity (Wildman–Crippen MR) is 90.6 cm³/mol. The summed E-state index contributed by atoms with van der Waals surface area (Å²) in [6, 6.07) is 16.6. The van der Waals surface area contributed by atoms with Crippen LogP contribution in [0.4, 0.5) is 0 Å². The molecule has 1 nitrogen and oxygen atoms in total. The van der Waals surface area contributed by atoms with Gasteiger partial charge in [-0.25, -0.2) is 0 Å². The van der Waals surface area contributed by atoms with Crippen LogP contribution in [-0.4, -0.2) is 6.54 Å². The summed E-state index contributed by atoms with van der Waals surface area (Å²) in [6.07, 6.45) is 4.83. The third-order valence-electron chi connectivity index (χ3n) is 4.50. The molecule has 0 saturated heterocycles. The van der Waals surface area contributed by atoms with Gasteiger partial charge in [-0.05, 0) is 53.6 Å². The van der Waals surface area contributed by atoms with Crippen molar-refractivity contribution in [3.8, 4) is 11.1 Å². The van der Waals surface area contributed by atoms with E-state index in [0.717, 1.165) is 6.54 Å². The number of rotatable bonds is 5. The van der Waals surface area contributed by atoms with Crippen molar-refractivity contribution >= 4 is 0 Å². The summed E-state index contributed by atoms with van der Waals surface area (Å²) in [7, 11) is 0. The van der Waals surface area contributed by atoms with Crippen molar-refractivity contribution in [2.75, 3.05) is 6.54 Å². The second kappa shape index (κ2) is 6.44. The fraction of sp³-hybridized carbons (Fsp3) is 0.400. The summed E-state index contributed by atoms with van der Waals surface area (Å²) in [5.74, 6) is 0. The van der Waals surface area contributed by atoms with Crippen molar-refractivity contribution < 1.29 is 0 Å². The van der Waals surface area contributed by atoms with E-state index in [1.165, 1.54) is 53.5 Å². The van der Waals surface area contributed by atoms with E-state index >= 15 is 0 Å². The molecule has 0 heterocycles. The van der Waals surface area contributed by atoms with Gasteiger partial charge in [0.1, 0.15) is 0 Å². The molecular formula is C20H25N. The van der Waals surface area contributed by atoms with Crippen molar-refractivity contribution in [3.63, 3.8) is 0 Å². The minimum atomic E-state index is 0.561. The van der Waals surface area contributed by atoms with Gasteiger partial charge in [0.2, 0.25) is 0 Å². The van der Waals surface area contributed by atoms with Crippen LogP contribution in [-0.2, 0) is 12.8 Å². The quantitative estimate of drug-likeness (QED) is 0.820. The number of hydrogen-bond acceptors (Lipinski definition) is 1. The van der Waals surface area contributed by atoms with Crippen LogP contribution >= 0.6 is 0 Å². The Bertz CT molecular complexity index is 598. The molecule has 110 valence electrons. The van der Waals surface area contributed by atoms with Crippen molar-refractivity contribution in [1.29, 1.82) is 0 Å². The van der Waals surface area contributed by atoms with Gasteiger partial charge in [-0.2, -0.15) is 0 Å². The van der Waals surface area contributed by atoms with E-state index in [-0.39, 0.29) is 0 Å². The Kier molecular flexibility index (Phi) is 4.40. The lowest BCUT2D eigenvalue weighted by Gasteiger charge is -2.13. The van der Waals surface area contributed by atoms with Crippen LogP contribution in [0.15, 0.2) is 42.5 Å². The SMILES string of the molecule is CCCc1ccc(-c2ccc3c(c2)CCC3NCC)cc1. The fourth-order valence-corrected chi connectivity index (χ4v) is 3.41. The topological polar surface area (TPSA) is 12.0 Å². The Morgan fingerprint density at radius 1 is 1.00 bits per heavy atom. The van der Waals surface area contributed by atoms with Gasteiger partial charge in [-0.3, -0.25) is 0 Å². The highest BCUT2D eigenvalue weighted by Crippen LogP contribution is 2.34. The van der Waals surface area contributed by atoms with Gasteiger partial charge in [0.15, 0.2) is 0 Å². The molecule has 1 heteroatoms. The molecule has 1 atom stereocenters. The molecule has 0 radical (unpaired) electrons. The molecule has 1 unspecified atom stereocenters. The lowest BCUT2D eigenvalue weighted by atomic mass is 9.98. The Morgan fingerprint density at radius 2 is 1.76 bits per heavy atom. The van der Waals surface area contributed by atoms with Crippen molar-refractivity contribution in [2.45, 2.75) is 45.6 Å². The van der Waals surface area contributed by atoms with Crippen LogP contribution in [0.3, 0.4) is 0 Å². The fourth-order valence-electron chi connectivity index (χ4n) is 3.41. The van der Waals surface area contributed by atoms with E-state index < -0.39 is 0 Å². The Morgan fingerprint density at radius 3 is 2.48 bits per heavy atom. The lowest BCUT2D eigenvalue weighted by molar-refractivity contribution is 0.549. The minimum absolute atomic E-state index is 0.561. The number of aryl methyl sites for hydroxylation is 2. The lowest BCUT2D eigenvalue weighted by Crippen LogP contribution is -2.18. The van der Waals surface area contributed by atoms with Gasteiger partial charge in [0, 0.05) is 6.04 Å². The summed E-state index contributed by atoms with van der Waals surface area (Å²) < 4.78 is 0. The van der Waals surface area contributed by atoms with Gasteiger partial charge in [0.05, 0.1) is 0 Å². The average Bonchev–Trinajstić information content (AvgIpc) is 2.91. The molecule has 0 bridgehead atoms. The highest BCUT2D eigenvalue weighted by molar-refractivity contribution is 5.65. The van der Waals surface area contributed by atoms with E-state index in [1.807, 2.05) is 0 Å². The third kappa shape index (κ3) is 3.03. The predicted octanol–water partition coefficient (Wildman–Crippen LogP) is 4.90. The van der Waals surface area contributed by atoms with Crippen molar-refractivity contribution in [3.05, 3.63) is 59.2 Å². The first-order valence-electron chi connectivity index (χ1n) is 8.27. The zero-order chi connectivity index (χ0) is 14.7. The molecule has 2 aromatic carbocycles. The van der Waals surface area contributed by atoms with Crippen LogP contribution in [0.1, 0.15) is 49.4 Å². The van der Waals surface area contributed by atoms with Crippen LogP contribution in [0.2, 0.25) is 0 Å². The summed E-state index contributed by atoms with van der Waals surface area (Å²) in [5, 5.41) is 3.58. The number of fused-ring (bicyclic) bond motifs is 1. The highest BCUT2D eigenvalue weighted by atomic mass is 14.9. The molecular weight excluding hydrogens is 254 g/mol. The zero-order valence-electron chi connectivity index (χ0n) is 13.2. The van der Waals surface area contributed by atoms with Gasteiger partial charge in [0.25, 0.3) is 0 Å². The second-order valence-corrected chi connectivity index (χ2v) is 6.01. The van der Waals surface area contributed by atoms with Gasteiger partial charge in [-0.1, -0.05) is 62.7 Å².